The molecule has 2 N–H and O–H groups in total. The number of nitrogens with one attached hydrogen (secondary N) is 2. The van der Waals surface area contributed by atoms with E-state index in [2.05, 4.69) is 15.5 Å². The van der Waals surface area contributed by atoms with Gasteiger partial charge < -0.3 is 5.32 Å². The molecular formula is C12H10F3N3. The van der Waals surface area contributed by atoms with Crippen LogP contribution in [-0.4, -0.2) is 16.7 Å². The van der Waals surface area contributed by atoms with E-state index in [1.54, 1.807) is 6.07 Å². The fourth-order valence-corrected chi connectivity index (χ4v) is 2.15. The summed E-state index contributed by atoms with van der Waals surface area (Å²) in [7, 11) is 0. The molecule has 1 aliphatic heterocycles. The second kappa shape index (κ2) is 3.76. The molecule has 0 bridgehead atoms. The molecule has 94 valence electrons. The third-order valence-corrected chi connectivity index (χ3v) is 3.01. The summed E-state index contributed by atoms with van der Waals surface area (Å²) >= 11 is 0. The molecule has 1 aliphatic rings. The zero-order valence-corrected chi connectivity index (χ0v) is 9.30. The van der Waals surface area contributed by atoms with Gasteiger partial charge in [-0.15, -0.1) is 0 Å². The van der Waals surface area contributed by atoms with Crippen molar-refractivity contribution >= 4 is 5.82 Å². The van der Waals surface area contributed by atoms with Gasteiger partial charge in [0.25, 0.3) is 0 Å². The first-order valence-electron chi connectivity index (χ1n) is 5.54. The van der Waals surface area contributed by atoms with Crippen LogP contribution in [0.15, 0.2) is 24.3 Å². The number of fused-ring (bicyclic) bond motifs is 1. The van der Waals surface area contributed by atoms with Gasteiger partial charge >= 0.3 is 6.18 Å². The molecule has 0 amide bonds. The van der Waals surface area contributed by atoms with Crippen molar-refractivity contribution < 1.29 is 13.2 Å². The highest BCUT2D eigenvalue weighted by atomic mass is 19.4. The van der Waals surface area contributed by atoms with Crippen LogP contribution in [0.4, 0.5) is 19.0 Å². The molecule has 2 heterocycles. The van der Waals surface area contributed by atoms with Crippen molar-refractivity contribution in [3.05, 3.63) is 35.4 Å². The lowest BCUT2D eigenvalue weighted by atomic mass is 10.0. The molecule has 3 rings (SSSR count). The van der Waals surface area contributed by atoms with Gasteiger partial charge in [-0.25, -0.2) is 0 Å². The van der Waals surface area contributed by atoms with E-state index in [0.29, 0.717) is 11.3 Å². The maximum atomic E-state index is 12.6. The van der Waals surface area contributed by atoms with Crippen molar-refractivity contribution in [3.63, 3.8) is 0 Å². The fourth-order valence-electron chi connectivity index (χ4n) is 2.15. The number of rotatable bonds is 1. The molecular weight excluding hydrogens is 243 g/mol. The Balaban J connectivity index is 2.07. The SMILES string of the molecule is FC(F)(F)c1cccc(-c2[nH]nc3c2CCN3)c1. The average Bonchev–Trinajstić information content (AvgIpc) is 2.89. The molecule has 0 spiro atoms. The number of halogens is 3. The molecule has 0 unspecified atom stereocenters. The number of nitrogens with zero attached hydrogens (tertiary/aromatic N) is 1. The molecule has 0 aliphatic carbocycles. The third-order valence-electron chi connectivity index (χ3n) is 3.01. The first-order chi connectivity index (χ1) is 8.55. The Morgan fingerprint density at radius 1 is 1.22 bits per heavy atom. The van der Waals surface area contributed by atoms with Gasteiger partial charge in [-0.05, 0) is 18.6 Å². The van der Waals surface area contributed by atoms with Crippen molar-refractivity contribution in [2.24, 2.45) is 0 Å². The highest BCUT2D eigenvalue weighted by Crippen LogP contribution is 2.34. The summed E-state index contributed by atoms with van der Waals surface area (Å²) < 4.78 is 37.9. The van der Waals surface area contributed by atoms with Crippen LogP contribution in [-0.2, 0) is 12.6 Å². The monoisotopic (exact) mass is 253 g/mol. The molecule has 1 aromatic heterocycles. The van der Waals surface area contributed by atoms with E-state index in [1.165, 1.54) is 6.07 Å². The smallest absolute Gasteiger partial charge is 0.368 e. The number of aromatic amines is 1. The lowest BCUT2D eigenvalue weighted by Gasteiger charge is -2.08. The average molecular weight is 253 g/mol. The van der Waals surface area contributed by atoms with Gasteiger partial charge in [-0.3, -0.25) is 5.10 Å². The van der Waals surface area contributed by atoms with Crippen LogP contribution in [0.2, 0.25) is 0 Å². The van der Waals surface area contributed by atoms with Gasteiger partial charge in [-0.2, -0.15) is 18.3 Å². The molecule has 6 heteroatoms. The van der Waals surface area contributed by atoms with Gasteiger partial charge in [0.05, 0.1) is 11.3 Å². The molecule has 0 saturated carbocycles. The van der Waals surface area contributed by atoms with Crippen LogP contribution in [0.1, 0.15) is 11.1 Å². The zero-order chi connectivity index (χ0) is 12.8. The summed E-state index contributed by atoms with van der Waals surface area (Å²) in [5.41, 5.74) is 1.49. The zero-order valence-electron chi connectivity index (χ0n) is 9.30. The highest BCUT2D eigenvalue weighted by Gasteiger charge is 2.31. The number of hydrogen-bond donors (Lipinski definition) is 2. The summed E-state index contributed by atoms with van der Waals surface area (Å²) in [5.74, 6) is 0.738. The summed E-state index contributed by atoms with van der Waals surface area (Å²) in [6, 6.07) is 5.28. The Morgan fingerprint density at radius 3 is 2.83 bits per heavy atom. The van der Waals surface area contributed by atoms with Gasteiger partial charge in [0.1, 0.15) is 0 Å². The minimum absolute atomic E-state index is 0.516. The van der Waals surface area contributed by atoms with Crippen molar-refractivity contribution in [1.29, 1.82) is 0 Å². The molecule has 0 radical (unpaired) electrons. The van der Waals surface area contributed by atoms with E-state index in [9.17, 15) is 13.2 Å². The second-order valence-electron chi connectivity index (χ2n) is 4.18. The molecule has 3 nitrogen and oxygen atoms in total. The van der Waals surface area contributed by atoms with Crippen LogP contribution in [0.5, 0.6) is 0 Å². The van der Waals surface area contributed by atoms with E-state index >= 15 is 0 Å². The molecule has 18 heavy (non-hydrogen) atoms. The highest BCUT2D eigenvalue weighted by molar-refractivity contribution is 5.71. The Kier molecular flexibility index (Phi) is 2.33. The summed E-state index contributed by atoms with van der Waals surface area (Å²) in [6.45, 7) is 0.776. The van der Waals surface area contributed by atoms with Gasteiger partial charge in [-0.1, -0.05) is 12.1 Å². The third kappa shape index (κ3) is 1.73. The summed E-state index contributed by atoms with van der Waals surface area (Å²) in [6.07, 6.45) is -3.55. The normalized spacial score (nSPS) is 14.4. The molecule has 2 aromatic rings. The largest absolute Gasteiger partial charge is 0.416 e. The van der Waals surface area contributed by atoms with E-state index in [4.69, 9.17) is 0 Å². The quantitative estimate of drug-likeness (QED) is 0.820. The van der Waals surface area contributed by atoms with Crippen molar-refractivity contribution in [3.8, 4) is 11.3 Å². The van der Waals surface area contributed by atoms with Gasteiger partial charge in [0.15, 0.2) is 5.82 Å². The molecule has 0 fully saturated rings. The Hall–Kier alpha value is -1.98. The van der Waals surface area contributed by atoms with Gasteiger partial charge in [0.2, 0.25) is 0 Å². The summed E-state index contributed by atoms with van der Waals surface area (Å²) in [5, 5.41) is 9.91. The van der Waals surface area contributed by atoms with Crippen molar-refractivity contribution in [2.45, 2.75) is 12.6 Å². The minimum atomic E-state index is -4.32. The lowest BCUT2D eigenvalue weighted by molar-refractivity contribution is -0.137. The molecule has 1 aromatic carbocycles. The number of anilines is 1. The second-order valence-corrected chi connectivity index (χ2v) is 4.18. The van der Waals surface area contributed by atoms with E-state index in [-0.39, 0.29) is 0 Å². The van der Waals surface area contributed by atoms with Crippen molar-refractivity contribution in [1.82, 2.24) is 10.2 Å². The predicted octanol–water partition coefficient (Wildman–Crippen LogP) is 3.06. The maximum absolute atomic E-state index is 12.6. The molecule has 0 saturated heterocycles. The number of H-pyrrole nitrogens is 1. The molecule has 0 atom stereocenters. The van der Waals surface area contributed by atoms with Crippen LogP contribution in [0, 0.1) is 0 Å². The van der Waals surface area contributed by atoms with E-state index in [0.717, 1.165) is 36.5 Å². The predicted molar refractivity (Wildman–Crippen MR) is 61.2 cm³/mol. The Bertz CT molecular complexity index is 586. The lowest BCUT2D eigenvalue weighted by Crippen LogP contribution is -2.04. The number of hydrogen-bond acceptors (Lipinski definition) is 2. The first kappa shape index (κ1) is 11.1. The van der Waals surface area contributed by atoms with Crippen LogP contribution < -0.4 is 5.32 Å². The van der Waals surface area contributed by atoms with Crippen molar-refractivity contribution in [2.75, 3.05) is 11.9 Å². The summed E-state index contributed by atoms with van der Waals surface area (Å²) in [4.78, 5) is 0. The first-order valence-corrected chi connectivity index (χ1v) is 5.54. The Labute approximate surface area is 101 Å². The Morgan fingerprint density at radius 2 is 2.06 bits per heavy atom. The van der Waals surface area contributed by atoms with Crippen LogP contribution >= 0.6 is 0 Å². The van der Waals surface area contributed by atoms with Gasteiger partial charge in [0, 0.05) is 17.7 Å². The minimum Gasteiger partial charge on any atom is -0.368 e. The van der Waals surface area contributed by atoms with E-state index < -0.39 is 11.7 Å². The topological polar surface area (TPSA) is 40.7 Å². The number of alkyl halides is 3. The maximum Gasteiger partial charge on any atom is 0.416 e. The number of aromatic nitrogens is 2. The standard InChI is InChI=1S/C12H10F3N3/c13-12(14,15)8-3-1-2-7(6-8)10-9-4-5-16-11(9)18-17-10/h1-3,6H,4-5H2,(H2,16,17,18). The number of benzene rings is 1. The fraction of sp³-hybridized carbons (Fsp3) is 0.250. The van der Waals surface area contributed by atoms with E-state index in [1.807, 2.05) is 0 Å². The van der Waals surface area contributed by atoms with Crippen LogP contribution in [0.3, 0.4) is 0 Å². The van der Waals surface area contributed by atoms with Crippen LogP contribution in [0.25, 0.3) is 11.3 Å².